The van der Waals surface area contributed by atoms with Gasteiger partial charge in [0, 0.05) is 4.83 Å². The van der Waals surface area contributed by atoms with Crippen LogP contribution in [-0.4, -0.2) is 0 Å². The Kier molecular flexibility index (Phi) is 4.41. The normalized spacial score (nSPS) is 12.4. The van der Waals surface area contributed by atoms with Gasteiger partial charge in [0.2, 0.25) is 0 Å². The Morgan fingerprint density at radius 3 is 2.50 bits per heavy atom. The zero-order valence-corrected chi connectivity index (χ0v) is 12.3. The van der Waals surface area contributed by atoms with Crippen LogP contribution in [0.15, 0.2) is 42.5 Å². The van der Waals surface area contributed by atoms with E-state index in [9.17, 15) is 4.39 Å². The number of hydrogen-bond acceptors (Lipinski definition) is 0. The minimum atomic E-state index is -0.373. The molecule has 0 bridgehead atoms. The fourth-order valence-electron chi connectivity index (χ4n) is 1.80. The molecule has 0 N–H and O–H groups in total. The van der Waals surface area contributed by atoms with Crippen molar-refractivity contribution in [2.75, 3.05) is 0 Å². The van der Waals surface area contributed by atoms with Gasteiger partial charge in [-0.25, -0.2) is 4.39 Å². The molecule has 0 saturated carbocycles. The van der Waals surface area contributed by atoms with E-state index in [1.807, 2.05) is 6.07 Å². The van der Waals surface area contributed by atoms with Gasteiger partial charge in [-0.05, 0) is 30.5 Å². The van der Waals surface area contributed by atoms with E-state index in [2.05, 4.69) is 47.1 Å². The lowest BCUT2D eigenvalue weighted by Crippen LogP contribution is -1.97. The van der Waals surface area contributed by atoms with E-state index >= 15 is 0 Å². The highest BCUT2D eigenvalue weighted by Gasteiger charge is 2.14. The van der Waals surface area contributed by atoms with Crippen LogP contribution in [0.3, 0.4) is 0 Å². The minimum Gasteiger partial charge on any atom is -0.205 e. The average molecular weight is 328 g/mol. The summed E-state index contributed by atoms with van der Waals surface area (Å²) in [6, 6.07) is 13.2. The third kappa shape index (κ3) is 3.12. The van der Waals surface area contributed by atoms with Crippen molar-refractivity contribution in [1.82, 2.24) is 0 Å². The number of hydrogen-bond donors (Lipinski definition) is 0. The highest BCUT2D eigenvalue weighted by molar-refractivity contribution is 9.09. The largest absolute Gasteiger partial charge is 0.205 e. The third-order valence-corrected chi connectivity index (χ3v) is 4.07. The lowest BCUT2D eigenvalue weighted by atomic mass is 10.0. The summed E-state index contributed by atoms with van der Waals surface area (Å²) in [4.78, 5) is 0.0170. The molecular formula is C15H13BrClF. The Labute approximate surface area is 120 Å². The van der Waals surface area contributed by atoms with E-state index in [1.54, 1.807) is 6.07 Å². The molecule has 0 aliphatic rings. The van der Waals surface area contributed by atoms with Crippen LogP contribution in [0.5, 0.6) is 0 Å². The standard InChI is InChI=1S/C15H13BrClF/c1-10-5-7-11(8-6-10)9-13(16)12-3-2-4-14(18)15(12)17/h2-8,13H,9H2,1H3. The summed E-state index contributed by atoms with van der Waals surface area (Å²) in [6.45, 7) is 2.05. The van der Waals surface area contributed by atoms with Crippen LogP contribution >= 0.6 is 27.5 Å². The molecule has 3 heteroatoms. The molecule has 2 aromatic rings. The maximum absolute atomic E-state index is 13.4. The summed E-state index contributed by atoms with van der Waals surface area (Å²) in [5.74, 6) is -0.373. The molecule has 0 nitrogen and oxygen atoms in total. The average Bonchev–Trinajstić information content (AvgIpc) is 2.35. The van der Waals surface area contributed by atoms with E-state index in [-0.39, 0.29) is 15.7 Å². The molecule has 0 saturated heterocycles. The van der Waals surface area contributed by atoms with Gasteiger partial charge in [-0.3, -0.25) is 0 Å². The van der Waals surface area contributed by atoms with Gasteiger partial charge in [0.25, 0.3) is 0 Å². The molecule has 1 unspecified atom stereocenters. The summed E-state index contributed by atoms with van der Waals surface area (Å²) < 4.78 is 13.4. The molecule has 0 aliphatic carbocycles. The van der Waals surface area contributed by atoms with Gasteiger partial charge >= 0.3 is 0 Å². The number of aryl methyl sites for hydroxylation is 1. The van der Waals surface area contributed by atoms with Gasteiger partial charge in [-0.1, -0.05) is 69.5 Å². The predicted octanol–water partition coefficient (Wildman–Crippen LogP) is 5.47. The van der Waals surface area contributed by atoms with Crippen LogP contribution in [0, 0.1) is 12.7 Å². The van der Waals surface area contributed by atoms with Crippen LogP contribution in [0.4, 0.5) is 4.39 Å². The van der Waals surface area contributed by atoms with Crippen molar-refractivity contribution in [3.63, 3.8) is 0 Å². The molecule has 94 valence electrons. The summed E-state index contributed by atoms with van der Waals surface area (Å²) in [6.07, 6.45) is 0.781. The third-order valence-electron chi connectivity index (χ3n) is 2.85. The Morgan fingerprint density at radius 2 is 1.83 bits per heavy atom. The second-order valence-electron chi connectivity index (χ2n) is 4.30. The van der Waals surface area contributed by atoms with E-state index in [0.29, 0.717) is 0 Å². The smallest absolute Gasteiger partial charge is 0.142 e. The lowest BCUT2D eigenvalue weighted by Gasteiger charge is -2.12. The highest BCUT2D eigenvalue weighted by Crippen LogP contribution is 2.33. The van der Waals surface area contributed by atoms with Crippen LogP contribution in [0.1, 0.15) is 21.5 Å². The van der Waals surface area contributed by atoms with Gasteiger partial charge in [0.1, 0.15) is 5.82 Å². The Morgan fingerprint density at radius 1 is 1.17 bits per heavy atom. The molecule has 0 aliphatic heterocycles. The minimum absolute atomic E-state index is 0.0170. The summed E-state index contributed by atoms with van der Waals surface area (Å²) in [5.41, 5.74) is 3.22. The molecule has 18 heavy (non-hydrogen) atoms. The van der Waals surface area contributed by atoms with E-state index < -0.39 is 0 Å². The Hall–Kier alpha value is -0.860. The first-order chi connectivity index (χ1) is 8.58. The number of benzene rings is 2. The van der Waals surface area contributed by atoms with E-state index in [0.717, 1.165) is 12.0 Å². The fourth-order valence-corrected chi connectivity index (χ4v) is 2.95. The van der Waals surface area contributed by atoms with Crippen molar-refractivity contribution in [2.45, 2.75) is 18.2 Å². The highest BCUT2D eigenvalue weighted by atomic mass is 79.9. The molecule has 0 radical (unpaired) electrons. The Bertz CT molecular complexity index is 537. The van der Waals surface area contributed by atoms with Crippen LogP contribution in [0.25, 0.3) is 0 Å². The van der Waals surface area contributed by atoms with Crippen molar-refractivity contribution in [3.8, 4) is 0 Å². The quantitative estimate of drug-likeness (QED) is 0.656. The monoisotopic (exact) mass is 326 g/mol. The number of rotatable bonds is 3. The molecular weight excluding hydrogens is 315 g/mol. The topological polar surface area (TPSA) is 0 Å². The molecule has 0 fully saturated rings. The van der Waals surface area contributed by atoms with Crippen LogP contribution in [-0.2, 0) is 6.42 Å². The first-order valence-corrected chi connectivity index (χ1v) is 7.01. The second-order valence-corrected chi connectivity index (χ2v) is 5.78. The van der Waals surface area contributed by atoms with Gasteiger partial charge in [0.05, 0.1) is 5.02 Å². The first-order valence-electron chi connectivity index (χ1n) is 5.71. The number of halogens is 3. The van der Waals surface area contributed by atoms with Crippen molar-refractivity contribution < 1.29 is 4.39 Å². The molecule has 0 heterocycles. The van der Waals surface area contributed by atoms with Crippen LogP contribution in [0.2, 0.25) is 5.02 Å². The van der Waals surface area contributed by atoms with Crippen LogP contribution < -0.4 is 0 Å². The van der Waals surface area contributed by atoms with Gasteiger partial charge in [-0.15, -0.1) is 0 Å². The Balaban J connectivity index is 2.19. The molecule has 0 spiro atoms. The first kappa shape index (κ1) is 13.6. The molecule has 0 amide bonds. The zero-order valence-electron chi connectivity index (χ0n) is 9.96. The van der Waals surface area contributed by atoms with Crippen molar-refractivity contribution in [3.05, 3.63) is 70.0 Å². The predicted molar refractivity (Wildman–Crippen MR) is 78.0 cm³/mol. The molecule has 2 rings (SSSR count). The SMILES string of the molecule is Cc1ccc(CC(Br)c2cccc(F)c2Cl)cc1. The second kappa shape index (κ2) is 5.85. The van der Waals surface area contributed by atoms with Crippen molar-refractivity contribution in [1.29, 1.82) is 0 Å². The van der Waals surface area contributed by atoms with E-state index in [4.69, 9.17) is 11.6 Å². The van der Waals surface area contributed by atoms with Crippen molar-refractivity contribution in [2.24, 2.45) is 0 Å². The van der Waals surface area contributed by atoms with Gasteiger partial charge < -0.3 is 0 Å². The molecule has 2 aromatic carbocycles. The molecule has 0 aromatic heterocycles. The maximum Gasteiger partial charge on any atom is 0.142 e. The van der Waals surface area contributed by atoms with E-state index in [1.165, 1.54) is 17.2 Å². The summed E-state index contributed by atoms with van der Waals surface area (Å²) >= 11 is 9.55. The maximum atomic E-state index is 13.4. The van der Waals surface area contributed by atoms with Gasteiger partial charge in [0.15, 0.2) is 0 Å². The van der Waals surface area contributed by atoms with Gasteiger partial charge in [-0.2, -0.15) is 0 Å². The molecule has 1 atom stereocenters. The number of alkyl halides is 1. The summed E-state index contributed by atoms with van der Waals surface area (Å²) in [7, 11) is 0. The lowest BCUT2D eigenvalue weighted by molar-refractivity contribution is 0.625. The summed E-state index contributed by atoms with van der Waals surface area (Å²) in [5, 5.41) is 0.200. The fraction of sp³-hybridized carbons (Fsp3) is 0.200. The zero-order chi connectivity index (χ0) is 13.1. The van der Waals surface area contributed by atoms with Crippen molar-refractivity contribution >= 4 is 27.5 Å².